The maximum atomic E-state index is 14.2. The standard InChI is InChI=1S/C27H20F3NO3/c1-3-19-21(20(27(32)33)9-10-22(19)28)14-34-18-7-4-16(5-8-18)15(2)25-11-6-17-12-23(29)24(30)13-26(17)31-25/h4-13H,2-3,14H2,1H3,(H,32,33). The molecule has 0 radical (unpaired) electrons. The summed E-state index contributed by atoms with van der Waals surface area (Å²) in [4.78, 5) is 15.9. The van der Waals surface area contributed by atoms with Crippen LogP contribution in [0.2, 0.25) is 0 Å². The molecule has 3 aromatic carbocycles. The Morgan fingerprint density at radius 3 is 2.32 bits per heavy atom. The van der Waals surface area contributed by atoms with Crippen molar-refractivity contribution in [3.05, 3.63) is 113 Å². The van der Waals surface area contributed by atoms with E-state index >= 15 is 0 Å². The Labute approximate surface area is 194 Å². The molecule has 7 heteroatoms. The fourth-order valence-electron chi connectivity index (χ4n) is 3.75. The predicted molar refractivity (Wildman–Crippen MR) is 123 cm³/mol. The maximum Gasteiger partial charge on any atom is 0.336 e. The lowest BCUT2D eigenvalue weighted by molar-refractivity contribution is 0.0693. The van der Waals surface area contributed by atoms with E-state index < -0.39 is 23.4 Å². The van der Waals surface area contributed by atoms with Crippen molar-refractivity contribution in [3.63, 3.8) is 0 Å². The lowest BCUT2D eigenvalue weighted by Crippen LogP contribution is -2.10. The van der Waals surface area contributed by atoms with Gasteiger partial charge in [-0.2, -0.15) is 0 Å². The van der Waals surface area contributed by atoms with E-state index in [0.29, 0.717) is 45.5 Å². The average Bonchev–Trinajstić information content (AvgIpc) is 2.83. The van der Waals surface area contributed by atoms with Gasteiger partial charge >= 0.3 is 5.97 Å². The van der Waals surface area contributed by atoms with Crippen LogP contribution in [0.1, 0.15) is 39.7 Å². The number of carbonyl (C=O) groups is 1. The molecule has 1 N–H and O–H groups in total. The molecule has 0 spiro atoms. The van der Waals surface area contributed by atoms with Gasteiger partial charge in [0.1, 0.15) is 18.2 Å². The van der Waals surface area contributed by atoms with E-state index in [1.54, 1.807) is 43.3 Å². The van der Waals surface area contributed by atoms with Crippen molar-refractivity contribution in [2.75, 3.05) is 0 Å². The highest BCUT2D eigenvalue weighted by molar-refractivity contribution is 5.90. The Morgan fingerprint density at radius 1 is 0.941 bits per heavy atom. The van der Waals surface area contributed by atoms with Crippen molar-refractivity contribution >= 4 is 22.4 Å². The molecule has 0 aliphatic heterocycles. The third kappa shape index (κ3) is 4.50. The summed E-state index contributed by atoms with van der Waals surface area (Å²) >= 11 is 0. The van der Waals surface area contributed by atoms with E-state index in [0.717, 1.165) is 23.8 Å². The van der Waals surface area contributed by atoms with E-state index in [9.17, 15) is 23.1 Å². The number of carboxylic acids is 1. The number of rotatable bonds is 7. The molecule has 0 bridgehead atoms. The van der Waals surface area contributed by atoms with Crippen molar-refractivity contribution in [3.8, 4) is 5.75 Å². The molecule has 172 valence electrons. The molecule has 0 amide bonds. The van der Waals surface area contributed by atoms with E-state index in [1.165, 1.54) is 6.07 Å². The van der Waals surface area contributed by atoms with Gasteiger partial charge in [-0.3, -0.25) is 0 Å². The van der Waals surface area contributed by atoms with Crippen LogP contribution in [0.3, 0.4) is 0 Å². The first-order valence-electron chi connectivity index (χ1n) is 10.5. The van der Waals surface area contributed by atoms with Gasteiger partial charge in [-0.25, -0.2) is 22.9 Å². The van der Waals surface area contributed by atoms with Crippen LogP contribution in [0.15, 0.2) is 67.2 Å². The minimum atomic E-state index is -1.15. The molecule has 34 heavy (non-hydrogen) atoms. The first-order valence-corrected chi connectivity index (χ1v) is 10.5. The number of nitrogens with zero attached hydrogens (tertiary/aromatic N) is 1. The van der Waals surface area contributed by atoms with Crippen LogP contribution >= 0.6 is 0 Å². The molecule has 0 aliphatic rings. The van der Waals surface area contributed by atoms with Gasteiger partial charge in [-0.05, 0) is 53.9 Å². The number of benzene rings is 3. The van der Waals surface area contributed by atoms with Crippen molar-refractivity contribution in [2.24, 2.45) is 0 Å². The van der Waals surface area contributed by atoms with E-state index in [-0.39, 0.29) is 12.2 Å². The topological polar surface area (TPSA) is 59.4 Å². The zero-order valence-corrected chi connectivity index (χ0v) is 18.2. The van der Waals surface area contributed by atoms with Gasteiger partial charge in [-0.1, -0.05) is 31.7 Å². The fourth-order valence-corrected chi connectivity index (χ4v) is 3.75. The van der Waals surface area contributed by atoms with Crippen LogP contribution in [-0.2, 0) is 13.0 Å². The van der Waals surface area contributed by atoms with Crippen molar-refractivity contribution in [1.29, 1.82) is 0 Å². The highest BCUT2D eigenvalue weighted by atomic mass is 19.2. The van der Waals surface area contributed by atoms with Gasteiger partial charge in [0.15, 0.2) is 11.6 Å². The highest BCUT2D eigenvalue weighted by Gasteiger charge is 2.17. The summed E-state index contributed by atoms with van der Waals surface area (Å²) in [6.07, 6.45) is 0.333. The Bertz CT molecular complexity index is 1420. The lowest BCUT2D eigenvalue weighted by Gasteiger charge is -2.14. The maximum absolute atomic E-state index is 14.2. The van der Waals surface area contributed by atoms with Crippen LogP contribution in [0.25, 0.3) is 16.5 Å². The van der Waals surface area contributed by atoms with Gasteiger partial charge in [0.2, 0.25) is 0 Å². The molecular weight excluding hydrogens is 443 g/mol. The minimum Gasteiger partial charge on any atom is -0.489 e. The number of halogens is 3. The second kappa shape index (κ2) is 9.39. The Morgan fingerprint density at radius 2 is 1.65 bits per heavy atom. The SMILES string of the molecule is C=C(c1ccc(OCc2c(C(=O)O)ccc(F)c2CC)cc1)c1ccc2cc(F)c(F)cc2n1. The number of hydrogen-bond donors (Lipinski definition) is 1. The Hall–Kier alpha value is -4.13. The Kier molecular flexibility index (Phi) is 6.36. The van der Waals surface area contributed by atoms with Crippen molar-refractivity contribution in [2.45, 2.75) is 20.0 Å². The van der Waals surface area contributed by atoms with Crippen molar-refractivity contribution in [1.82, 2.24) is 4.98 Å². The van der Waals surface area contributed by atoms with Crippen LogP contribution in [0.5, 0.6) is 5.75 Å². The number of pyridine rings is 1. The summed E-state index contributed by atoms with van der Waals surface area (Å²) in [5.41, 5.74) is 2.73. The van der Waals surface area contributed by atoms with Crippen molar-refractivity contribution < 1.29 is 27.8 Å². The summed E-state index contributed by atoms with van der Waals surface area (Å²) in [7, 11) is 0. The summed E-state index contributed by atoms with van der Waals surface area (Å²) in [6.45, 7) is 5.70. The highest BCUT2D eigenvalue weighted by Crippen LogP contribution is 2.27. The number of fused-ring (bicyclic) bond motifs is 1. The predicted octanol–water partition coefficient (Wildman–Crippen LogP) is 6.55. The quantitative estimate of drug-likeness (QED) is 0.338. The van der Waals surface area contributed by atoms with Crippen LogP contribution in [0.4, 0.5) is 13.2 Å². The molecule has 4 nitrogen and oxygen atoms in total. The van der Waals surface area contributed by atoms with Crippen LogP contribution in [0, 0.1) is 17.5 Å². The van der Waals surface area contributed by atoms with Gasteiger partial charge in [0.05, 0.1) is 16.8 Å². The lowest BCUT2D eigenvalue weighted by atomic mass is 9.99. The monoisotopic (exact) mass is 463 g/mol. The smallest absolute Gasteiger partial charge is 0.336 e. The number of aromatic nitrogens is 1. The summed E-state index contributed by atoms with van der Waals surface area (Å²) in [6, 6.07) is 14.7. The Balaban J connectivity index is 1.54. The second-order valence-electron chi connectivity index (χ2n) is 7.66. The molecular formula is C27H20F3NO3. The van der Waals surface area contributed by atoms with Gasteiger partial charge in [0, 0.05) is 22.6 Å². The molecule has 0 unspecified atom stereocenters. The zero-order valence-electron chi connectivity index (χ0n) is 18.2. The largest absolute Gasteiger partial charge is 0.489 e. The number of ether oxygens (including phenoxy) is 1. The molecule has 4 rings (SSSR count). The summed E-state index contributed by atoms with van der Waals surface area (Å²) < 4.78 is 46.9. The first-order chi connectivity index (χ1) is 16.3. The molecule has 1 heterocycles. The minimum absolute atomic E-state index is 0.00180. The van der Waals surface area contributed by atoms with E-state index in [4.69, 9.17) is 4.74 Å². The van der Waals surface area contributed by atoms with Crippen LogP contribution in [-0.4, -0.2) is 16.1 Å². The second-order valence-corrected chi connectivity index (χ2v) is 7.66. The zero-order chi connectivity index (χ0) is 24.4. The molecule has 0 fully saturated rings. The van der Waals surface area contributed by atoms with E-state index in [1.807, 2.05) is 0 Å². The fraction of sp³-hybridized carbons (Fsp3) is 0.111. The first kappa shape index (κ1) is 23.0. The third-order valence-corrected chi connectivity index (χ3v) is 5.58. The van der Waals surface area contributed by atoms with Gasteiger partial charge in [0.25, 0.3) is 0 Å². The van der Waals surface area contributed by atoms with Gasteiger partial charge < -0.3 is 9.84 Å². The van der Waals surface area contributed by atoms with Crippen LogP contribution < -0.4 is 4.74 Å². The van der Waals surface area contributed by atoms with Gasteiger partial charge in [-0.15, -0.1) is 0 Å². The molecule has 0 atom stereocenters. The molecule has 1 aromatic heterocycles. The normalized spacial score (nSPS) is 10.9. The van der Waals surface area contributed by atoms with E-state index in [2.05, 4.69) is 11.6 Å². The average molecular weight is 463 g/mol. The summed E-state index contributed by atoms with van der Waals surface area (Å²) in [5, 5.41) is 9.92. The number of hydrogen-bond acceptors (Lipinski definition) is 3. The number of aromatic carboxylic acids is 1. The summed E-state index contributed by atoms with van der Waals surface area (Å²) in [5.74, 6) is -3.06. The molecule has 0 saturated carbocycles. The molecule has 0 aliphatic carbocycles. The molecule has 4 aromatic rings. The third-order valence-electron chi connectivity index (χ3n) is 5.58. The molecule has 0 saturated heterocycles. The number of carboxylic acid groups (broad SMARTS) is 1.